The number of hydrogen-bond acceptors (Lipinski definition) is 2. The van der Waals surface area contributed by atoms with E-state index in [-0.39, 0.29) is 4.90 Å². The van der Waals surface area contributed by atoms with Crippen LogP contribution in [-0.2, 0) is 10.0 Å². The Balaban J connectivity index is 2.41. The van der Waals surface area contributed by atoms with E-state index in [0.717, 1.165) is 0 Å². The van der Waals surface area contributed by atoms with E-state index in [9.17, 15) is 8.42 Å². The van der Waals surface area contributed by atoms with Gasteiger partial charge in [0, 0.05) is 10.2 Å². The van der Waals surface area contributed by atoms with Crippen LogP contribution in [0.25, 0.3) is 0 Å². The maximum Gasteiger partial charge on any atom is 0.263 e. The van der Waals surface area contributed by atoms with Crippen LogP contribution in [0, 0.1) is 0 Å². The zero-order chi connectivity index (χ0) is 13.2. The predicted molar refractivity (Wildman–Crippen MR) is 79.1 cm³/mol. The number of para-hydroxylation sites is 1. The van der Waals surface area contributed by atoms with Gasteiger partial charge < -0.3 is 0 Å². The fourth-order valence-electron chi connectivity index (χ4n) is 1.41. The van der Waals surface area contributed by atoms with E-state index >= 15 is 0 Å². The summed E-state index contributed by atoms with van der Waals surface area (Å²) in [7, 11) is -3.59. The first kappa shape index (κ1) is 13.6. The lowest BCUT2D eigenvalue weighted by atomic mass is 10.3. The van der Waals surface area contributed by atoms with Gasteiger partial charge in [0.25, 0.3) is 10.0 Å². The van der Waals surface area contributed by atoms with Crippen LogP contribution >= 0.6 is 31.9 Å². The van der Waals surface area contributed by atoms with Gasteiger partial charge in [0.2, 0.25) is 0 Å². The standard InChI is InChI=1S/C12H9Br2NO2S/c13-10-7-4-8-11(12(10)14)18(16,17)15-9-5-2-1-3-6-9/h1-8,15H. The van der Waals surface area contributed by atoms with Crippen LogP contribution in [0.2, 0.25) is 0 Å². The van der Waals surface area contributed by atoms with Crippen LogP contribution in [0.1, 0.15) is 0 Å². The third-order valence-electron chi connectivity index (χ3n) is 2.23. The predicted octanol–water partition coefficient (Wildman–Crippen LogP) is 4.01. The molecule has 0 fully saturated rings. The van der Waals surface area contributed by atoms with E-state index in [1.54, 1.807) is 42.5 Å². The third-order valence-corrected chi connectivity index (χ3v) is 5.97. The van der Waals surface area contributed by atoms with Crippen LogP contribution in [0.3, 0.4) is 0 Å². The number of sulfonamides is 1. The molecule has 3 nitrogen and oxygen atoms in total. The van der Waals surface area contributed by atoms with E-state index in [1.165, 1.54) is 0 Å². The molecule has 0 aliphatic rings. The molecule has 0 bridgehead atoms. The summed E-state index contributed by atoms with van der Waals surface area (Å²) in [6.45, 7) is 0. The second-order valence-electron chi connectivity index (χ2n) is 3.52. The molecule has 0 saturated carbocycles. The van der Waals surface area contributed by atoms with Crippen LogP contribution in [-0.4, -0.2) is 8.42 Å². The second kappa shape index (κ2) is 5.42. The number of benzene rings is 2. The lowest BCUT2D eigenvalue weighted by Gasteiger charge is -2.10. The molecule has 0 amide bonds. The molecule has 2 aromatic carbocycles. The van der Waals surface area contributed by atoms with Gasteiger partial charge >= 0.3 is 0 Å². The lowest BCUT2D eigenvalue weighted by Crippen LogP contribution is -2.13. The molecule has 6 heteroatoms. The molecule has 0 aliphatic heterocycles. The summed E-state index contributed by atoms with van der Waals surface area (Å²) in [5, 5.41) is 0. The van der Waals surface area contributed by atoms with Gasteiger partial charge in [-0.1, -0.05) is 24.3 Å². The quantitative estimate of drug-likeness (QED) is 0.860. The zero-order valence-electron chi connectivity index (χ0n) is 9.10. The summed E-state index contributed by atoms with van der Waals surface area (Å²) in [5.41, 5.74) is 0.532. The number of rotatable bonds is 3. The second-order valence-corrected chi connectivity index (χ2v) is 6.82. The van der Waals surface area contributed by atoms with Crippen molar-refractivity contribution in [3.63, 3.8) is 0 Å². The van der Waals surface area contributed by atoms with E-state index < -0.39 is 10.0 Å². The average molecular weight is 391 g/mol. The first-order chi connectivity index (χ1) is 8.50. The molecule has 0 spiro atoms. The highest BCUT2D eigenvalue weighted by molar-refractivity contribution is 9.13. The highest BCUT2D eigenvalue weighted by Crippen LogP contribution is 2.30. The van der Waals surface area contributed by atoms with Crippen LogP contribution in [0.5, 0.6) is 0 Å². The maximum absolute atomic E-state index is 12.2. The van der Waals surface area contributed by atoms with Crippen molar-refractivity contribution in [2.24, 2.45) is 0 Å². The highest BCUT2D eigenvalue weighted by atomic mass is 79.9. The molecule has 2 aromatic rings. The molecule has 2 rings (SSSR count). The van der Waals surface area contributed by atoms with Crippen molar-refractivity contribution >= 4 is 47.6 Å². The number of halogens is 2. The van der Waals surface area contributed by atoms with Crippen molar-refractivity contribution in [3.05, 3.63) is 57.5 Å². The molecule has 1 N–H and O–H groups in total. The molecular formula is C12H9Br2NO2S. The summed E-state index contributed by atoms with van der Waals surface area (Å²) in [5.74, 6) is 0. The SMILES string of the molecule is O=S(=O)(Nc1ccccc1)c1cccc(Br)c1Br. The van der Waals surface area contributed by atoms with Gasteiger partial charge in [0.15, 0.2) is 0 Å². The van der Waals surface area contributed by atoms with Gasteiger partial charge in [0.1, 0.15) is 4.90 Å². The molecule has 0 aliphatic carbocycles. The largest absolute Gasteiger partial charge is 0.280 e. The van der Waals surface area contributed by atoms with Gasteiger partial charge in [-0.2, -0.15) is 0 Å². The Hall–Kier alpha value is -0.850. The van der Waals surface area contributed by atoms with Crippen molar-refractivity contribution in [2.45, 2.75) is 4.90 Å². The molecule has 0 unspecified atom stereocenters. The van der Waals surface area contributed by atoms with Gasteiger partial charge in [-0.25, -0.2) is 8.42 Å². The van der Waals surface area contributed by atoms with Crippen LogP contribution in [0.4, 0.5) is 5.69 Å². The Morgan fingerprint density at radius 3 is 2.22 bits per heavy atom. The van der Waals surface area contributed by atoms with E-state index in [2.05, 4.69) is 36.6 Å². The van der Waals surface area contributed by atoms with Crippen molar-refractivity contribution in [1.29, 1.82) is 0 Å². The monoisotopic (exact) mass is 389 g/mol. The zero-order valence-corrected chi connectivity index (χ0v) is 13.1. The lowest BCUT2D eigenvalue weighted by molar-refractivity contribution is 0.600. The topological polar surface area (TPSA) is 46.2 Å². The Labute approximate surface area is 123 Å². The minimum atomic E-state index is -3.59. The average Bonchev–Trinajstić information content (AvgIpc) is 2.33. The third kappa shape index (κ3) is 2.93. The molecule has 0 aromatic heterocycles. The first-order valence-electron chi connectivity index (χ1n) is 5.02. The molecule has 94 valence electrons. The summed E-state index contributed by atoms with van der Waals surface area (Å²) in [6, 6.07) is 13.8. The summed E-state index contributed by atoms with van der Waals surface area (Å²) < 4.78 is 28.2. The van der Waals surface area contributed by atoms with E-state index in [1.807, 2.05) is 6.07 Å². The fraction of sp³-hybridized carbons (Fsp3) is 0. The molecule has 0 radical (unpaired) electrons. The summed E-state index contributed by atoms with van der Waals surface area (Å²) >= 11 is 6.55. The fourth-order valence-corrected chi connectivity index (χ4v) is 3.97. The molecule has 0 heterocycles. The minimum Gasteiger partial charge on any atom is -0.280 e. The Bertz CT molecular complexity index is 657. The molecular weight excluding hydrogens is 382 g/mol. The van der Waals surface area contributed by atoms with Crippen molar-refractivity contribution in [1.82, 2.24) is 0 Å². The Morgan fingerprint density at radius 2 is 1.56 bits per heavy atom. The van der Waals surface area contributed by atoms with Gasteiger partial charge in [-0.3, -0.25) is 4.72 Å². The van der Waals surface area contributed by atoms with Crippen molar-refractivity contribution < 1.29 is 8.42 Å². The van der Waals surface area contributed by atoms with Crippen LogP contribution < -0.4 is 4.72 Å². The van der Waals surface area contributed by atoms with E-state index in [4.69, 9.17) is 0 Å². The Morgan fingerprint density at radius 1 is 0.889 bits per heavy atom. The smallest absolute Gasteiger partial charge is 0.263 e. The first-order valence-corrected chi connectivity index (χ1v) is 8.09. The van der Waals surface area contributed by atoms with Gasteiger partial charge in [-0.15, -0.1) is 0 Å². The molecule has 18 heavy (non-hydrogen) atoms. The normalized spacial score (nSPS) is 11.2. The number of anilines is 1. The Kier molecular flexibility index (Phi) is 4.09. The van der Waals surface area contributed by atoms with Crippen molar-refractivity contribution in [3.8, 4) is 0 Å². The number of hydrogen-bond donors (Lipinski definition) is 1. The van der Waals surface area contributed by atoms with Crippen LogP contribution in [0.15, 0.2) is 62.4 Å². The minimum absolute atomic E-state index is 0.195. The maximum atomic E-state index is 12.2. The molecule has 0 atom stereocenters. The summed E-state index contributed by atoms with van der Waals surface area (Å²) in [4.78, 5) is 0.195. The summed E-state index contributed by atoms with van der Waals surface area (Å²) in [6.07, 6.45) is 0. The molecule has 0 saturated heterocycles. The van der Waals surface area contributed by atoms with E-state index in [0.29, 0.717) is 14.6 Å². The highest BCUT2D eigenvalue weighted by Gasteiger charge is 2.18. The van der Waals surface area contributed by atoms with Gasteiger partial charge in [0.05, 0.1) is 4.47 Å². The van der Waals surface area contributed by atoms with Crippen molar-refractivity contribution in [2.75, 3.05) is 4.72 Å². The van der Waals surface area contributed by atoms with Gasteiger partial charge in [-0.05, 0) is 56.1 Å². The number of nitrogens with one attached hydrogen (secondary N) is 1.